The van der Waals surface area contributed by atoms with E-state index in [9.17, 15) is 8.42 Å². The highest BCUT2D eigenvalue weighted by Crippen LogP contribution is 2.70. The monoisotopic (exact) mass is 348 g/mol. The largest absolute Gasteiger partial charge is 0.223 e. The third-order valence-electron chi connectivity index (χ3n) is 3.82. The summed E-state index contributed by atoms with van der Waals surface area (Å²) in [5.41, 5.74) is 1.10. The van der Waals surface area contributed by atoms with Crippen LogP contribution in [-0.4, -0.2) is 16.6 Å². The first-order valence-electron chi connectivity index (χ1n) is 5.37. The Morgan fingerprint density at radius 1 is 1.12 bits per heavy atom. The van der Waals surface area contributed by atoms with Gasteiger partial charge in [-0.2, -0.15) is 0 Å². The minimum atomic E-state index is -3.10. The van der Waals surface area contributed by atoms with E-state index in [0.717, 1.165) is 24.8 Å². The van der Waals surface area contributed by atoms with E-state index in [4.69, 9.17) is 0 Å². The molecule has 86 valence electrons. The first-order valence-corrected chi connectivity index (χ1v) is 7.94. The van der Waals surface area contributed by atoms with Gasteiger partial charge in [0.25, 0.3) is 0 Å². The van der Waals surface area contributed by atoms with Crippen molar-refractivity contribution >= 4 is 32.4 Å². The molecule has 0 radical (unpaired) electrons. The minimum absolute atomic E-state index is 0.301. The molecule has 2 bridgehead atoms. The number of hydrogen-bond donors (Lipinski definition) is 0. The van der Waals surface area contributed by atoms with Gasteiger partial charge in [-0.05, 0) is 38.3 Å². The second-order valence-corrected chi connectivity index (χ2v) is 9.81. The molecule has 3 fully saturated rings. The molecule has 3 aliphatic carbocycles. The molecule has 0 saturated heterocycles. The first kappa shape index (κ1) is 11.0. The highest BCUT2D eigenvalue weighted by atomic mass is 127. The standard InChI is InChI=1S/C12H13IO2S/c1-9-2-4-10(5-3-9)16(14,15)12-6-11(13,7-12)8-12/h2-5H,6-8H2,1H3. The lowest BCUT2D eigenvalue weighted by Gasteiger charge is -2.66. The van der Waals surface area contributed by atoms with Gasteiger partial charge in [0.15, 0.2) is 9.84 Å². The molecule has 1 aromatic carbocycles. The number of rotatable bonds is 2. The number of alkyl halides is 1. The van der Waals surface area contributed by atoms with Gasteiger partial charge in [-0.15, -0.1) is 0 Å². The van der Waals surface area contributed by atoms with E-state index in [0.29, 0.717) is 8.32 Å². The number of benzene rings is 1. The van der Waals surface area contributed by atoms with Crippen LogP contribution in [0, 0.1) is 6.92 Å². The molecule has 3 aliphatic rings. The van der Waals surface area contributed by atoms with Crippen molar-refractivity contribution in [1.82, 2.24) is 0 Å². The summed E-state index contributed by atoms with van der Waals surface area (Å²) in [4.78, 5) is 0.497. The summed E-state index contributed by atoms with van der Waals surface area (Å²) in [6.07, 6.45) is 2.53. The highest BCUT2D eigenvalue weighted by Gasteiger charge is 2.73. The van der Waals surface area contributed by atoms with E-state index in [1.807, 2.05) is 19.1 Å². The molecule has 1 aromatic rings. The maximum absolute atomic E-state index is 12.4. The van der Waals surface area contributed by atoms with E-state index in [2.05, 4.69) is 22.6 Å². The Hall–Kier alpha value is -0.100. The van der Waals surface area contributed by atoms with E-state index in [-0.39, 0.29) is 0 Å². The van der Waals surface area contributed by atoms with Crippen LogP contribution in [0.5, 0.6) is 0 Å². The van der Waals surface area contributed by atoms with Crippen molar-refractivity contribution in [2.75, 3.05) is 0 Å². The van der Waals surface area contributed by atoms with Crippen LogP contribution in [0.2, 0.25) is 0 Å². The fourth-order valence-corrected chi connectivity index (χ4v) is 8.19. The van der Waals surface area contributed by atoms with Crippen molar-refractivity contribution in [3.05, 3.63) is 29.8 Å². The molecule has 0 spiro atoms. The van der Waals surface area contributed by atoms with E-state index in [1.165, 1.54) is 0 Å². The molecule has 0 unspecified atom stereocenters. The molecule has 0 N–H and O–H groups in total. The third-order valence-corrected chi connectivity index (χ3v) is 7.43. The summed E-state index contributed by atoms with van der Waals surface area (Å²) < 4.78 is 24.7. The molecule has 4 heteroatoms. The molecular formula is C12H13IO2S. The smallest absolute Gasteiger partial charge is 0.184 e. The molecule has 3 saturated carbocycles. The van der Waals surface area contributed by atoms with Crippen molar-refractivity contribution in [3.8, 4) is 0 Å². The molecule has 4 rings (SSSR count). The Labute approximate surface area is 109 Å². The van der Waals surface area contributed by atoms with Gasteiger partial charge in [0.1, 0.15) is 0 Å². The lowest BCUT2D eigenvalue weighted by molar-refractivity contribution is 0.103. The van der Waals surface area contributed by atoms with Crippen LogP contribution in [-0.2, 0) is 9.84 Å². The van der Waals surface area contributed by atoms with E-state index >= 15 is 0 Å². The molecule has 16 heavy (non-hydrogen) atoms. The number of aryl methyl sites for hydroxylation is 1. The number of halogens is 1. The van der Waals surface area contributed by atoms with Gasteiger partial charge < -0.3 is 0 Å². The quantitative estimate of drug-likeness (QED) is 0.608. The van der Waals surface area contributed by atoms with Crippen LogP contribution in [0.3, 0.4) is 0 Å². The second kappa shape index (κ2) is 3.02. The van der Waals surface area contributed by atoms with E-state index in [1.54, 1.807) is 12.1 Å². The van der Waals surface area contributed by atoms with Gasteiger partial charge in [-0.25, -0.2) is 8.42 Å². The average molecular weight is 348 g/mol. The molecular weight excluding hydrogens is 335 g/mol. The summed E-state index contributed by atoms with van der Waals surface area (Å²) in [6, 6.07) is 7.23. The summed E-state index contributed by atoms with van der Waals surface area (Å²) in [6.45, 7) is 1.97. The van der Waals surface area contributed by atoms with Crippen molar-refractivity contribution in [1.29, 1.82) is 0 Å². The third kappa shape index (κ3) is 1.26. The summed E-state index contributed by atoms with van der Waals surface area (Å²) >= 11 is 2.40. The van der Waals surface area contributed by atoms with E-state index < -0.39 is 14.6 Å². The van der Waals surface area contributed by atoms with Crippen LogP contribution in [0.15, 0.2) is 29.2 Å². The van der Waals surface area contributed by atoms with Crippen LogP contribution in [0.4, 0.5) is 0 Å². The topological polar surface area (TPSA) is 34.1 Å². The predicted octanol–water partition coefficient (Wildman–Crippen LogP) is 2.88. The summed E-state index contributed by atoms with van der Waals surface area (Å²) in [7, 11) is -3.10. The zero-order chi connectivity index (χ0) is 11.6. The fourth-order valence-electron chi connectivity index (χ4n) is 2.83. The lowest BCUT2D eigenvalue weighted by Crippen LogP contribution is -2.71. The Balaban J connectivity index is 1.98. The maximum Gasteiger partial charge on any atom is 0.184 e. The van der Waals surface area contributed by atoms with Gasteiger partial charge in [0.2, 0.25) is 0 Å². The number of sulfone groups is 1. The average Bonchev–Trinajstić information content (AvgIpc) is 2.12. The summed E-state index contributed by atoms with van der Waals surface area (Å²) in [5, 5.41) is 0. The van der Waals surface area contributed by atoms with Gasteiger partial charge >= 0.3 is 0 Å². The van der Waals surface area contributed by atoms with Crippen LogP contribution < -0.4 is 0 Å². The van der Waals surface area contributed by atoms with Crippen molar-refractivity contribution < 1.29 is 8.42 Å². The Morgan fingerprint density at radius 3 is 2.06 bits per heavy atom. The van der Waals surface area contributed by atoms with Crippen LogP contribution in [0.25, 0.3) is 0 Å². The molecule has 0 heterocycles. The van der Waals surface area contributed by atoms with Crippen molar-refractivity contribution in [2.45, 2.75) is 39.3 Å². The van der Waals surface area contributed by atoms with Gasteiger partial charge in [0, 0.05) is 3.42 Å². The minimum Gasteiger partial charge on any atom is -0.223 e. The van der Waals surface area contributed by atoms with Gasteiger partial charge in [-0.3, -0.25) is 0 Å². The lowest BCUT2D eigenvalue weighted by atomic mass is 9.55. The Kier molecular flexibility index (Phi) is 2.08. The SMILES string of the molecule is Cc1ccc(S(=O)(=O)C23CC(I)(C2)C3)cc1. The van der Waals surface area contributed by atoms with Crippen LogP contribution in [0.1, 0.15) is 24.8 Å². The van der Waals surface area contributed by atoms with Gasteiger partial charge in [0.05, 0.1) is 9.64 Å². The molecule has 0 amide bonds. The molecule has 0 aliphatic heterocycles. The highest BCUT2D eigenvalue weighted by molar-refractivity contribution is 14.1. The van der Waals surface area contributed by atoms with Crippen molar-refractivity contribution in [3.63, 3.8) is 0 Å². The Bertz CT molecular complexity index is 525. The van der Waals surface area contributed by atoms with Crippen molar-refractivity contribution in [2.24, 2.45) is 0 Å². The fraction of sp³-hybridized carbons (Fsp3) is 0.500. The predicted molar refractivity (Wildman–Crippen MR) is 71.7 cm³/mol. The molecule has 0 atom stereocenters. The van der Waals surface area contributed by atoms with Gasteiger partial charge in [-0.1, -0.05) is 40.3 Å². The maximum atomic E-state index is 12.4. The zero-order valence-corrected chi connectivity index (χ0v) is 12.0. The summed E-state index contributed by atoms with van der Waals surface area (Å²) in [5.74, 6) is 0. The second-order valence-electron chi connectivity index (χ2n) is 5.18. The number of hydrogen-bond acceptors (Lipinski definition) is 2. The molecule has 2 nitrogen and oxygen atoms in total. The zero-order valence-electron chi connectivity index (χ0n) is 9.03. The Morgan fingerprint density at radius 2 is 1.62 bits per heavy atom. The normalized spacial score (nSPS) is 36.4. The molecule has 0 aromatic heterocycles. The van der Waals surface area contributed by atoms with Crippen LogP contribution >= 0.6 is 22.6 Å². The first-order chi connectivity index (χ1) is 7.37.